The molecule has 1 amide bonds. The Morgan fingerprint density at radius 3 is 2.84 bits per heavy atom. The van der Waals surface area contributed by atoms with Gasteiger partial charge >= 0.3 is 5.97 Å². The van der Waals surface area contributed by atoms with Gasteiger partial charge in [-0.2, -0.15) is 0 Å². The summed E-state index contributed by atoms with van der Waals surface area (Å²) in [7, 11) is 1.30. The number of rotatable bonds is 4. The number of likely N-dealkylation sites (tertiary alicyclic amines) is 1. The van der Waals surface area contributed by atoms with Crippen LogP contribution in [0.15, 0.2) is 18.2 Å². The molecule has 1 aromatic carbocycles. The third kappa shape index (κ3) is 3.05. The van der Waals surface area contributed by atoms with E-state index in [1.54, 1.807) is 17.0 Å². The molecule has 1 aliphatic rings. The maximum absolute atomic E-state index is 11.5. The number of esters is 1. The zero-order chi connectivity index (χ0) is 13.8. The summed E-state index contributed by atoms with van der Waals surface area (Å²) in [5.41, 5.74) is 1.05. The van der Waals surface area contributed by atoms with Crippen molar-refractivity contribution in [3.05, 3.63) is 29.3 Å². The fraction of sp³-hybridized carbons (Fsp3) is 0.429. The van der Waals surface area contributed by atoms with Gasteiger partial charge in [0, 0.05) is 19.5 Å². The summed E-state index contributed by atoms with van der Waals surface area (Å²) < 4.78 is 4.58. The SMILES string of the molecule is COC(=O)c1ccc(CCN2CCCC2=O)c(O)c1. The molecule has 0 saturated carbocycles. The Kier molecular flexibility index (Phi) is 4.04. The van der Waals surface area contributed by atoms with E-state index in [9.17, 15) is 14.7 Å². The van der Waals surface area contributed by atoms with Crippen molar-refractivity contribution in [1.82, 2.24) is 4.90 Å². The summed E-state index contributed by atoms with van der Waals surface area (Å²) in [6.07, 6.45) is 2.11. The largest absolute Gasteiger partial charge is 0.508 e. The van der Waals surface area contributed by atoms with Crippen LogP contribution in [0.25, 0.3) is 0 Å². The Morgan fingerprint density at radius 1 is 1.47 bits per heavy atom. The Bertz CT molecular complexity index is 498. The van der Waals surface area contributed by atoms with Crippen LogP contribution in [-0.2, 0) is 16.0 Å². The van der Waals surface area contributed by atoms with Crippen molar-refractivity contribution in [2.45, 2.75) is 19.3 Å². The number of hydrogen-bond acceptors (Lipinski definition) is 4. The molecule has 0 bridgehead atoms. The van der Waals surface area contributed by atoms with Gasteiger partial charge in [0.25, 0.3) is 0 Å². The molecular weight excluding hydrogens is 246 g/mol. The number of methoxy groups -OCH3 is 1. The smallest absolute Gasteiger partial charge is 0.337 e. The lowest BCUT2D eigenvalue weighted by molar-refractivity contribution is -0.127. The highest BCUT2D eigenvalue weighted by molar-refractivity contribution is 5.89. The maximum Gasteiger partial charge on any atom is 0.337 e. The minimum Gasteiger partial charge on any atom is -0.508 e. The summed E-state index contributed by atoms with van der Waals surface area (Å²) in [6.45, 7) is 1.39. The van der Waals surface area contributed by atoms with Gasteiger partial charge in [-0.1, -0.05) is 6.07 Å². The van der Waals surface area contributed by atoms with Crippen molar-refractivity contribution in [2.75, 3.05) is 20.2 Å². The van der Waals surface area contributed by atoms with Crippen LogP contribution in [0.1, 0.15) is 28.8 Å². The summed E-state index contributed by atoms with van der Waals surface area (Å²) in [6, 6.07) is 4.71. The Morgan fingerprint density at radius 2 is 2.26 bits per heavy atom. The van der Waals surface area contributed by atoms with E-state index in [0.717, 1.165) is 18.5 Å². The van der Waals surface area contributed by atoms with E-state index in [1.807, 2.05) is 0 Å². The Balaban J connectivity index is 2.01. The zero-order valence-electron chi connectivity index (χ0n) is 10.9. The highest BCUT2D eigenvalue weighted by atomic mass is 16.5. The van der Waals surface area contributed by atoms with Crippen molar-refractivity contribution in [3.63, 3.8) is 0 Å². The van der Waals surface area contributed by atoms with Crippen LogP contribution < -0.4 is 0 Å². The summed E-state index contributed by atoms with van der Waals surface area (Å²) >= 11 is 0. The molecule has 19 heavy (non-hydrogen) atoms. The molecule has 1 aromatic rings. The molecular formula is C14H17NO4. The molecule has 1 heterocycles. The molecule has 0 spiro atoms. The van der Waals surface area contributed by atoms with Gasteiger partial charge in [-0.05, 0) is 30.5 Å². The number of phenolic OH excluding ortho intramolecular Hbond substituents is 1. The van der Waals surface area contributed by atoms with Gasteiger partial charge < -0.3 is 14.7 Å². The molecule has 5 nitrogen and oxygen atoms in total. The second kappa shape index (κ2) is 5.73. The number of benzene rings is 1. The Labute approximate surface area is 111 Å². The van der Waals surface area contributed by atoms with Crippen LogP contribution in [0.5, 0.6) is 5.75 Å². The molecule has 0 aromatic heterocycles. The maximum atomic E-state index is 11.5. The molecule has 1 saturated heterocycles. The number of nitrogens with zero attached hydrogens (tertiary/aromatic N) is 1. The summed E-state index contributed by atoms with van der Waals surface area (Å²) in [4.78, 5) is 24.6. The van der Waals surface area contributed by atoms with Crippen molar-refractivity contribution < 1.29 is 19.4 Å². The predicted molar refractivity (Wildman–Crippen MR) is 69.0 cm³/mol. The first-order chi connectivity index (χ1) is 9.11. The number of ether oxygens (including phenoxy) is 1. The molecule has 1 fully saturated rings. The second-order valence-electron chi connectivity index (χ2n) is 4.57. The first kappa shape index (κ1) is 13.4. The molecule has 1 N–H and O–H groups in total. The first-order valence-corrected chi connectivity index (χ1v) is 6.30. The van der Waals surface area contributed by atoms with E-state index < -0.39 is 5.97 Å². The van der Waals surface area contributed by atoms with E-state index in [4.69, 9.17) is 0 Å². The van der Waals surface area contributed by atoms with Gasteiger partial charge in [-0.25, -0.2) is 4.79 Å². The third-order valence-electron chi connectivity index (χ3n) is 3.33. The lowest BCUT2D eigenvalue weighted by Gasteiger charge is -2.15. The van der Waals surface area contributed by atoms with E-state index >= 15 is 0 Å². The number of phenols is 1. The van der Waals surface area contributed by atoms with Crippen LogP contribution >= 0.6 is 0 Å². The fourth-order valence-electron chi connectivity index (χ4n) is 2.22. The van der Waals surface area contributed by atoms with Crippen LogP contribution in [0.2, 0.25) is 0 Å². The first-order valence-electron chi connectivity index (χ1n) is 6.30. The van der Waals surface area contributed by atoms with Gasteiger partial charge in [0.05, 0.1) is 12.7 Å². The van der Waals surface area contributed by atoms with Crippen LogP contribution in [0, 0.1) is 0 Å². The van der Waals surface area contributed by atoms with Crippen LogP contribution in [0.3, 0.4) is 0 Å². The van der Waals surface area contributed by atoms with Crippen molar-refractivity contribution in [3.8, 4) is 5.75 Å². The lowest BCUT2D eigenvalue weighted by Crippen LogP contribution is -2.26. The molecule has 0 radical (unpaired) electrons. The summed E-state index contributed by atoms with van der Waals surface area (Å²) in [5.74, 6) is -0.239. The average Bonchev–Trinajstić information content (AvgIpc) is 2.82. The monoisotopic (exact) mass is 263 g/mol. The topological polar surface area (TPSA) is 66.8 Å². The molecule has 2 rings (SSSR count). The predicted octanol–water partition coefficient (Wildman–Crippen LogP) is 1.34. The minimum atomic E-state index is -0.475. The normalized spacial score (nSPS) is 14.8. The van der Waals surface area contributed by atoms with Crippen LogP contribution in [-0.4, -0.2) is 42.1 Å². The number of hydrogen-bond donors (Lipinski definition) is 1. The molecule has 0 aliphatic carbocycles. The third-order valence-corrected chi connectivity index (χ3v) is 3.33. The van der Waals surface area contributed by atoms with Gasteiger partial charge in [-0.3, -0.25) is 4.79 Å². The van der Waals surface area contributed by atoms with E-state index in [-0.39, 0.29) is 11.7 Å². The lowest BCUT2D eigenvalue weighted by atomic mass is 10.1. The number of aromatic hydroxyl groups is 1. The fourth-order valence-corrected chi connectivity index (χ4v) is 2.22. The number of carbonyl (C=O) groups excluding carboxylic acids is 2. The van der Waals surface area contributed by atoms with Gasteiger partial charge in [0.15, 0.2) is 0 Å². The molecule has 102 valence electrons. The van der Waals surface area contributed by atoms with Gasteiger partial charge in [0.1, 0.15) is 5.75 Å². The highest BCUT2D eigenvalue weighted by Gasteiger charge is 2.20. The van der Waals surface area contributed by atoms with Crippen molar-refractivity contribution in [1.29, 1.82) is 0 Å². The highest BCUT2D eigenvalue weighted by Crippen LogP contribution is 2.21. The Hall–Kier alpha value is -2.04. The molecule has 0 atom stereocenters. The number of carbonyl (C=O) groups is 2. The standard InChI is InChI=1S/C14H17NO4/c1-19-14(18)11-5-4-10(12(16)9-11)6-8-15-7-2-3-13(15)17/h4-5,9,16H,2-3,6-8H2,1H3. The van der Waals surface area contributed by atoms with Crippen LogP contribution in [0.4, 0.5) is 0 Å². The average molecular weight is 263 g/mol. The van der Waals surface area contributed by atoms with Crippen molar-refractivity contribution in [2.24, 2.45) is 0 Å². The molecule has 5 heteroatoms. The number of amides is 1. The van der Waals surface area contributed by atoms with Gasteiger partial charge in [0.2, 0.25) is 5.91 Å². The van der Waals surface area contributed by atoms with E-state index in [1.165, 1.54) is 13.2 Å². The van der Waals surface area contributed by atoms with E-state index in [2.05, 4.69) is 4.74 Å². The quantitative estimate of drug-likeness (QED) is 0.832. The minimum absolute atomic E-state index is 0.0644. The summed E-state index contributed by atoms with van der Waals surface area (Å²) in [5, 5.41) is 9.86. The second-order valence-corrected chi connectivity index (χ2v) is 4.57. The molecule has 0 unspecified atom stereocenters. The zero-order valence-corrected chi connectivity index (χ0v) is 10.9. The molecule has 1 aliphatic heterocycles. The van der Waals surface area contributed by atoms with E-state index in [0.29, 0.717) is 24.9 Å². The van der Waals surface area contributed by atoms with Crippen molar-refractivity contribution >= 4 is 11.9 Å². The van der Waals surface area contributed by atoms with Gasteiger partial charge in [-0.15, -0.1) is 0 Å².